The Morgan fingerprint density at radius 2 is 1.76 bits per heavy atom. The van der Waals surface area contributed by atoms with Gasteiger partial charge in [-0.25, -0.2) is 4.79 Å². The second-order valence-corrected chi connectivity index (χ2v) is 11.5. The monoisotopic (exact) mass is 584 g/mol. The van der Waals surface area contributed by atoms with Crippen molar-refractivity contribution in [3.8, 4) is 0 Å². The highest BCUT2D eigenvalue weighted by molar-refractivity contribution is 5.78. The molecule has 4 N–H and O–H groups in total. The second-order valence-electron chi connectivity index (χ2n) is 11.5. The largest absolute Gasteiger partial charge is 0.481 e. The molecule has 0 aliphatic heterocycles. The quantitative estimate of drug-likeness (QED) is 0.266. The van der Waals surface area contributed by atoms with E-state index in [-0.39, 0.29) is 37.2 Å². The zero-order valence-electron chi connectivity index (χ0n) is 23.4. The number of allylic oxidation sites excluding steroid dienone is 2. The van der Waals surface area contributed by atoms with Crippen LogP contribution in [0.1, 0.15) is 64.0 Å². The lowest BCUT2D eigenvalue weighted by molar-refractivity contribution is -0.180. The first-order valence-corrected chi connectivity index (χ1v) is 13.7. The molecule has 0 spiro atoms. The number of rotatable bonds is 12. The average molecular weight is 585 g/mol. The molecule has 2 aliphatic rings. The minimum atomic E-state index is -4.45. The molecule has 0 bridgehead atoms. The maximum Gasteiger partial charge on any atom is 0.416 e. The highest BCUT2D eigenvalue weighted by atomic mass is 19.4. The Morgan fingerprint density at radius 1 is 1.10 bits per heavy atom. The average Bonchev–Trinajstić information content (AvgIpc) is 2.86. The number of aliphatic hydroxyl groups is 3. The second kappa shape index (κ2) is 13.5. The summed E-state index contributed by atoms with van der Waals surface area (Å²) in [6, 6.07) is 4.47. The van der Waals surface area contributed by atoms with Crippen molar-refractivity contribution in [2.45, 2.75) is 95.7 Å². The summed E-state index contributed by atoms with van der Waals surface area (Å²) >= 11 is 0. The molecular weight excluding hydrogens is 545 g/mol. The Morgan fingerprint density at radius 3 is 2.37 bits per heavy atom. The van der Waals surface area contributed by atoms with Gasteiger partial charge in [-0.05, 0) is 68.2 Å². The van der Waals surface area contributed by atoms with Crippen molar-refractivity contribution < 1.29 is 52.7 Å². The topological polar surface area (TPSA) is 134 Å². The number of aliphatic hydroxyl groups excluding tert-OH is 3. The molecule has 1 aromatic rings. The molecule has 8 nitrogen and oxygen atoms in total. The lowest BCUT2D eigenvalue weighted by atomic mass is 9.66. The Bertz CT molecular complexity index is 1110. The van der Waals surface area contributed by atoms with E-state index in [2.05, 4.69) is 0 Å². The highest BCUT2D eigenvalue weighted by Gasteiger charge is 2.44. The fraction of sp³-hybridized carbons (Fsp3) is 0.600. The fourth-order valence-electron chi connectivity index (χ4n) is 5.48. The van der Waals surface area contributed by atoms with E-state index in [1.165, 1.54) is 26.0 Å². The maximum atomic E-state index is 13.3. The number of halogens is 3. The summed E-state index contributed by atoms with van der Waals surface area (Å²) in [4.78, 5) is 24.1. The summed E-state index contributed by atoms with van der Waals surface area (Å²) in [6.07, 6.45) is -2.02. The molecule has 0 fully saturated rings. The van der Waals surface area contributed by atoms with Gasteiger partial charge in [-0.3, -0.25) is 4.79 Å². The van der Waals surface area contributed by atoms with Gasteiger partial charge in [-0.15, -0.1) is 0 Å². The van der Waals surface area contributed by atoms with Crippen molar-refractivity contribution in [1.82, 2.24) is 0 Å². The van der Waals surface area contributed by atoms with Crippen LogP contribution in [0.4, 0.5) is 13.2 Å². The zero-order valence-corrected chi connectivity index (χ0v) is 23.4. The number of carbonyl (C=O) groups excluding carboxylic acids is 1. The third-order valence-electron chi connectivity index (χ3n) is 7.79. The van der Waals surface area contributed by atoms with Gasteiger partial charge >= 0.3 is 18.1 Å². The maximum absolute atomic E-state index is 13.3. The Hall–Kier alpha value is -2.73. The molecule has 1 aromatic carbocycles. The van der Waals surface area contributed by atoms with Crippen LogP contribution in [0.3, 0.4) is 0 Å². The standard InChI is InChI=1S/C30H39F3O8/c1-17-4-7-19-12-22(35)14-25(27(19)24(17)11-10-21(34)13-23(36)15-26(37)38)41-28(39)29(2,3)40-16-18-5-8-20(9-6-18)30(31,32)33/h4-9,12,17,21-25,27,34-36H,10-11,13-16H2,1-3H3,(H,37,38)/t17-,21-,22-,23-,24+,25+,27+/m1/s1. The third kappa shape index (κ3) is 9.13. The number of ether oxygens (including phenoxy) is 2. The fourth-order valence-corrected chi connectivity index (χ4v) is 5.48. The van der Waals surface area contributed by atoms with Crippen LogP contribution in [0, 0.1) is 17.8 Å². The van der Waals surface area contributed by atoms with Gasteiger partial charge in [-0.1, -0.05) is 37.3 Å². The summed E-state index contributed by atoms with van der Waals surface area (Å²) in [5, 5.41) is 39.6. The van der Waals surface area contributed by atoms with Crippen molar-refractivity contribution in [2.24, 2.45) is 17.8 Å². The molecule has 0 heterocycles. The molecule has 7 atom stereocenters. The van der Waals surface area contributed by atoms with Gasteiger partial charge in [0.25, 0.3) is 0 Å². The van der Waals surface area contributed by atoms with Gasteiger partial charge in [0.2, 0.25) is 0 Å². The van der Waals surface area contributed by atoms with Crippen molar-refractivity contribution >= 4 is 11.9 Å². The summed E-state index contributed by atoms with van der Waals surface area (Å²) < 4.78 is 50.2. The molecule has 0 amide bonds. The predicted molar refractivity (Wildman–Crippen MR) is 142 cm³/mol. The van der Waals surface area contributed by atoms with Crippen LogP contribution in [0.25, 0.3) is 0 Å². The van der Waals surface area contributed by atoms with Crippen LogP contribution in [-0.4, -0.2) is 62.4 Å². The van der Waals surface area contributed by atoms with Crippen molar-refractivity contribution in [3.63, 3.8) is 0 Å². The molecule has 228 valence electrons. The molecule has 0 aromatic heterocycles. The van der Waals surface area contributed by atoms with E-state index < -0.39 is 60.1 Å². The smallest absolute Gasteiger partial charge is 0.416 e. The number of aliphatic carboxylic acids is 1. The molecule has 0 saturated heterocycles. The van der Waals surface area contributed by atoms with Gasteiger partial charge in [0, 0.05) is 12.3 Å². The number of fused-ring (bicyclic) bond motifs is 1. The summed E-state index contributed by atoms with van der Waals surface area (Å²) in [7, 11) is 0. The van der Waals surface area contributed by atoms with Gasteiger partial charge in [0.05, 0.1) is 36.9 Å². The minimum Gasteiger partial charge on any atom is -0.481 e. The lowest BCUT2D eigenvalue weighted by Crippen LogP contribution is -2.46. The number of alkyl halides is 3. The molecule has 0 unspecified atom stereocenters. The first-order chi connectivity index (χ1) is 19.1. The van der Waals surface area contributed by atoms with Crippen LogP contribution in [-0.2, 0) is 31.8 Å². The first kappa shape index (κ1) is 32.8. The molecule has 2 aliphatic carbocycles. The van der Waals surface area contributed by atoms with Gasteiger partial charge in [-0.2, -0.15) is 13.2 Å². The summed E-state index contributed by atoms with van der Waals surface area (Å²) in [5.74, 6) is -2.13. The van der Waals surface area contributed by atoms with E-state index in [1.54, 1.807) is 6.08 Å². The van der Waals surface area contributed by atoms with E-state index in [9.17, 15) is 38.1 Å². The normalized spacial score (nSPS) is 26.1. The molecule has 0 saturated carbocycles. The van der Waals surface area contributed by atoms with E-state index in [0.29, 0.717) is 18.4 Å². The first-order valence-electron chi connectivity index (χ1n) is 13.7. The number of hydrogen-bond donors (Lipinski definition) is 4. The number of carboxylic acids is 1. The zero-order chi connectivity index (χ0) is 30.5. The summed E-state index contributed by atoms with van der Waals surface area (Å²) in [6.45, 7) is 4.91. The predicted octanol–water partition coefficient (Wildman–Crippen LogP) is 4.41. The Kier molecular flexibility index (Phi) is 10.8. The number of esters is 1. The van der Waals surface area contributed by atoms with Crippen molar-refractivity contribution in [2.75, 3.05) is 0 Å². The van der Waals surface area contributed by atoms with Crippen molar-refractivity contribution in [1.29, 1.82) is 0 Å². The molecule has 3 rings (SSSR count). The van der Waals surface area contributed by atoms with E-state index >= 15 is 0 Å². The summed E-state index contributed by atoms with van der Waals surface area (Å²) in [5.41, 5.74) is -0.949. The van der Waals surface area contributed by atoms with E-state index in [0.717, 1.165) is 17.7 Å². The third-order valence-corrected chi connectivity index (χ3v) is 7.79. The van der Waals surface area contributed by atoms with E-state index in [4.69, 9.17) is 14.6 Å². The molecular formula is C30H39F3O8. The van der Waals surface area contributed by atoms with Crippen LogP contribution in [0.15, 0.2) is 48.1 Å². The SMILES string of the molecule is C[C@@H]1C=CC2=C[C@@H](O)C[C@H](OC(=O)C(C)(C)OCc3ccc(C(F)(F)F)cc3)[C@@H]2[C@H]1CC[C@@H](O)C[C@@H](O)CC(=O)O. The van der Waals surface area contributed by atoms with Gasteiger partial charge < -0.3 is 29.9 Å². The van der Waals surface area contributed by atoms with E-state index in [1.807, 2.05) is 19.1 Å². The Balaban J connectivity index is 1.66. The van der Waals surface area contributed by atoms with Crippen molar-refractivity contribution in [3.05, 3.63) is 59.2 Å². The van der Waals surface area contributed by atoms with Gasteiger partial charge in [0.1, 0.15) is 6.10 Å². The minimum absolute atomic E-state index is 0.0497. The molecule has 41 heavy (non-hydrogen) atoms. The Labute approximate surface area is 237 Å². The number of benzene rings is 1. The van der Waals surface area contributed by atoms with Crippen LogP contribution >= 0.6 is 0 Å². The molecule has 0 radical (unpaired) electrons. The lowest BCUT2D eigenvalue weighted by Gasteiger charge is -2.43. The molecule has 11 heteroatoms. The van der Waals surface area contributed by atoms with Crippen LogP contribution in [0.5, 0.6) is 0 Å². The number of carbonyl (C=O) groups is 2. The number of hydrogen-bond acceptors (Lipinski definition) is 7. The van der Waals surface area contributed by atoms with Crippen LogP contribution < -0.4 is 0 Å². The number of carboxylic acid groups (broad SMARTS) is 1. The van der Waals surface area contributed by atoms with Gasteiger partial charge in [0.15, 0.2) is 5.60 Å². The van der Waals surface area contributed by atoms with Crippen LogP contribution in [0.2, 0.25) is 0 Å². The highest BCUT2D eigenvalue weighted by Crippen LogP contribution is 2.44.